The lowest BCUT2D eigenvalue weighted by atomic mass is 10.0. The van der Waals surface area contributed by atoms with Gasteiger partial charge in [-0.15, -0.1) is 0 Å². The van der Waals surface area contributed by atoms with E-state index in [1.54, 1.807) is 7.11 Å². The van der Waals surface area contributed by atoms with Gasteiger partial charge >= 0.3 is 0 Å². The van der Waals surface area contributed by atoms with Crippen LogP contribution in [0.2, 0.25) is 0 Å². The first-order chi connectivity index (χ1) is 9.78. The van der Waals surface area contributed by atoms with E-state index in [1.165, 1.54) is 24.1 Å². The molecule has 1 aliphatic rings. The topological polar surface area (TPSA) is 38.5 Å². The van der Waals surface area contributed by atoms with Gasteiger partial charge in [0, 0.05) is 17.9 Å². The second-order valence-corrected chi connectivity index (χ2v) is 5.22. The fourth-order valence-electron chi connectivity index (χ4n) is 2.96. The Bertz CT molecular complexity index is 580. The molecule has 1 heterocycles. The predicted octanol–water partition coefficient (Wildman–Crippen LogP) is 3.62. The second kappa shape index (κ2) is 5.45. The van der Waals surface area contributed by atoms with Gasteiger partial charge in [0.1, 0.15) is 5.75 Å². The molecular formula is C17H20N2O. The molecule has 0 spiro atoms. The van der Waals surface area contributed by atoms with Gasteiger partial charge in [0.15, 0.2) is 0 Å². The van der Waals surface area contributed by atoms with Crippen LogP contribution in [-0.4, -0.2) is 13.7 Å². The number of hydrogen-bond acceptors (Lipinski definition) is 3. The van der Waals surface area contributed by atoms with E-state index in [-0.39, 0.29) is 0 Å². The molecule has 0 bridgehead atoms. The van der Waals surface area contributed by atoms with E-state index >= 15 is 0 Å². The summed E-state index contributed by atoms with van der Waals surface area (Å²) in [5.41, 5.74) is 9.30. The highest BCUT2D eigenvalue weighted by atomic mass is 16.5. The van der Waals surface area contributed by atoms with Gasteiger partial charge in [-0.1, -0.05) is 12.1 Å². The molecule has 1 saturated heterocycles. The Morgan fingerprint density at radius 2 is 1.95 bits per heavy atom. The number of nitrogens with two attached hydrogens (primary N) is 1. The first-order valence-corrected chi connectivity index (χ1v) is 7.04. The van der Waals surface area contributed by atoms with Crippen LogP contribution in [0, 0.1) is 0 Å². The highest BCUT2D eigenvalue weighted by molar-refractivity contribution is 5.53. The number of hydrogen-bond donors (Lipinski definition) is 1. The van der Waals surface area contributed by atoms with Gasteiger partial charge in [-0.25, -0.2) is 0 Å². The minimum atomic E-state index is 0.423. The van der Waals surface area contributed by atoms with Gasteiger partial charge in [0.05, 0.1) is 13.2 Å². The van der Waals surface area contributed by atoms with Gasteiger partial charge in [-0.3, -0.25) is 0 Å². The van der Waals surface area contributed by atoms with Crippen LogP contribution in [0.3, 0.4) is 0 Å². The van der Waals surface area contributed by atoms with Gasteiger partial charge in [0.2, 0.25) is 0 Å². The molecule has 2 N–H and O–H groups in total. The molecule has 0 saturated carbocycles. The summed E-state index contributed by atoms with van der Waals surface area (Å²) in [6, 6.07) is 17.0. The van der Waals surface area contributed by atoms with Crippen molar-refractivity contribution in [2.24, 2.45) is 0 Å². The fourth-order valence-corrected chi connectivity index (χ4v) is 2.96. The molecule has 2 aromatic rings. The Balaban J connectivity index is 1.88. The zero-order valence-electron chi connectivity index (χ0n) is 11.8. The molecule has 20 heavy (non-hydrogen) atoms. The molecule has 2 aromatic carbocycles. The van der Waals surface area contributed by atoms with E-state index in [0.717, 1.165) is 18.0 Å². The van der Waals surface area contributed by atoms with Crippen molar-refractivity contribution in [3.63, 3.8) is 0 Å². The van der Waals surface area contributed by atoms with Crippen LogP contribution >= 0.6 is 0 Å². The Hall–Kier alpha value is -2.16. The van der Waals surface area contributed by atoms with Crippen LogP contribution in [-0.2, 0) is 0 Å². The fraction of sp³-hybridized carbons (Fsp3) is 0.294. The molecule has 104 valence electrons. The Labute approximate surface area is 120 Å². The van der Waals surface area contributed by atoms with Crippen molar-refractivity contribution >= 4 is 11.4 Å². The highest BCUT2D eigenvalue weighted by Crippen LogP contribution is 2.37. The second-order valence-electron chi connectivity index (χ2n) is 5.22. The molecule has 0 aromatic heterocycles. The third-order valence-corrected chi connectivity index (χ3v) is 3.95. The van der Waals surface area contributed by atoms with E-state index < -0.39 is 0 Å². The molecule has 1 aliphatic heterocycles. The lowest BCUT2D eigenvalue weighted by Crippen LogP contribution is -2.22. The summed E-state index contributed by atoms with van der Waals surface area (Å²) < 4.78 is 5.22. The maximum absolute atomic E-state index is 5.91. The summed E-state index contributed by atoms with van der Waals surface area (Å²) in [5, 5.41) is 0. The van der Waals surface area contributed by atoms with Crippen molar-refractivity contribution in [2.75, 3.05) is 24.3 Å². The van der Waals surface area contributed by atoms with Crippen molar-refractivity contribution < 1.29 is 4.74 Å². The summed E-state index contributed by atoms with van der Waals surface area (Å²) >= 11 is 0. The molecule has 0 aliphatic carbocycles. The normalized spacial score (nSPS) is 18.2. The van der Waals surface area contributed by atoms with Crippen molar-refractivity contribution in [2.45, 2.75) is 18.9 Å². The van der Waals surface area contributed by atoms with Crippen molar-refractivity contribution in [3.05, 3.63) is 54.1 Å². The summed E-state index contributed by atoms with van der Waals surface area (Å²) in [6.07, 6.45) is 2.39. The van der Waals surface area contributed by atoms with E-state index in [1.807, 2.05) is 24.3 Å². The number of nitrogen functional groups attached to an aromatic ring is 1. The lowest BCUT2D eigenvalue weighted by Gasteiger charge is -2.27. The number of methoxy groups -OCH3 is 1. The highest BCUT2D eigenvalue weighted by Gasteiger charge is 2.26. The maximum Gasteiger partial charge on any atom is 0.119 e. The van der Waals surface area contributed by atoms with Crippen LogP contribution in [0.15, 0.2) is 48.5 Å². The number of rotatable bonds is 3. The largest absolute Gasteiger partial charge is 0.497 e. The van der Waals surface area contributed by atoms with Crippen molar-refractivity contribution in [1.29, 1.82) is 0 Å². The molecule has 0 radical (unpaired) electrons. The first kappa shape index (κ1) is 12.9. The number of anilines is 2. The summed E-state index contributed by atoms with van der Waals surface area (Å²) in [4.78, 5) is 2.45. The summed E-state index contributed by atoms with van der Waals surface area (Å²) in [5.74, 6) is 0.897. The standard InChI is InChI=1S/C17H20N2O/c1-20-16-9-7-15(8-10-16)19-11-3-6-17(19)13-4-2-5-14(18)12-13/h2,4-5,7-10,12,17H,3,6,11,18H2,1H3. The average Bonchev–Trinajstić information content (AvgIpc) is 2.97. The zero-order chi connectivity index (χ0) is 13.9. The van der Waals surface area contributed by atoms with Gasteiger partial charge < -0.3 is 15.4 Å². The Kier molecular flexibility index (Phi) is 3.50. The average molecular weight is 268 g/mol. The Morgan fingerprint density at radius 1 is 1.15 bits per heavy atom. The summed E-state index contributed by atoms with van der Waals surface area (Å²) in [6.45, 7) is 1.09. The SMILES string of the molecule is COc1ccc(N2CCCC2c2cccc(N)c2)cc1. The van der Waals surface area contributed by atoms with Crippen LogP contribution < -0.4 is 15.4 Å². The number of nitrogens with zero attached hydrogens (tertiary/aromatic N) is 1. The van der Waals surface area contributed by atoms with Gasteiger partial charge in [0.25, 0.3) is 0 Å². The minimum absolute atomic E-state index is 0.423. The molecule has 3 nitrogen and oxygen atoms in total. The molecular weight excluding hydrogens is 248 g/mol. The number of benzene rings is 2. The van der Waals surface area contributed by atoms with E-state index in [9.17, 15) is 0 Å². The molecule has 1 unspecified atom stereocenters. The molecule has 3 rings (SSSR count). The van der Waals surface area contributed by atoms with Crippen LogP contribution in [0.4, 0.5) is 11.4 Å². The van der Waals surface area contributed by atoms with Crippen LogP contribution in [0.25, 0.3) is 0 Å². The summed E-state index contributed by atoms with van der Waals surface area (Å²) in [7, 11) is 1.69. The third-order valence-electron chi connectivity index (χ3n) is 3.95. The third kappa shape index (κ3) is 2.44. The van der Waals surface area contributed by atoms with E-state index in [0.29, 0.717) is 6.04 Å². The Morgan fingerprint density at radius 3 is 2.65 bits per heavy atom. The minimum Gasteiger partial charge on any atom is -0.497 e. The van der Waals surface area contributed by atoms with Crippen molar-refractivity contribution in [3.8, 4) is 5.75 Å². The predicted molar refractivity (Wildman–Crippen MR) is 83.2 cm³/mol. The van der Waals surface area contributed by atoms with Crippen molar-refractivity contribution in [1.82, 2.24) is 0 Å². The number of ether oxygens (including phenoxy) is 1. The molecule has 3 heteroatoms. The molecule has 0 amide bonds. The smallest absolute Gasteiger partial charge is 0.119 e. The van der Waals surface area contributed by atoms with Crippen LogP contribution in [0.1, 0.15) is 24.4 Å². The monoisotopic (exact) mass is 268 g/mol. The van der Waals surface area contributed by atoms with E-state index in [4.69, 9.17) is 10.5 Å². The maximum atomic E-state index is 5.91. The quantitative estimate of drug-likeness (QED) is 0.864. The first-order valence-electron chi connectivity index (χ1n) is 7.04. The van der Waals surface area contributed by atoms with Gasteiger partial charge in [-0.05, 0) is 54.8 Å². The zero-order valence-corrected chi connectivity index (χ0v) is 11.8. The van der Waals surface area contributed by atoms with Crippen LogP contribution in [0.5, 0.6) is 5.75 Å². The molecule has 1 fully saturated rings. The lowest BCUT2D eigenvalue weighted by molar-refractivity contribution is 0.415. The van der Waals surface area contributed by atoms with Gasteiger partial charge in [-0.2, -0.15) is 0 Å². The molecule has 1 atom stereocenters. The van der Waals surface area contributed by atoms with E-state index in [2.05, 4.69) is 29.2 Å².